The zero-order chi connectivity index (χ0) is 17.9. The van der Waals surface area contributed by atoms with E-state index < -0.39 is 44.9 Å². The van der Waals surface area contributed by atoms with Crippen LogP contribution in [0.25, 0.3) is 0 Å². The maximum atomic E-state index is 11.5. The topological polar surface area (TPSA) is 152 Å². The Kier molecular flexibility index (Phi) is 6.05. The number of hydrogen-bond donors (Lipinski definition) is 4. The smallest absolute Gasteiger partial charge is 0.387 e. The van der Waals surface area contributed by atoms with Crippen molar-refractivity contribution in [3.05, 3.63) is 30.1 Å². The Labute approximate surface area is 138 Å². The molecule has 1 saturated heterocycles. The van der Waals surface area contributed by atoms with Crippen molar-refractivity contribution in [1.82, 2.24) is 0 Å². The molecule has 5 N–H and O–H groups in total. The number of ether oxygens (including phenoxy) is 1. The van der Waals surface area contributed by atoms with E-state index in [1.165, 1.54) is 36.0 Å². The van der Waals surface area contributed by atoms with Crippen LogP contribution in [0.5, 0.6) is 0 Å². The van der Waals surface area contributed by atoms with Gasteiger partial charge >= 0.3 is 7.82 Å². The Morgan fingerprint density at radius 2 is 2.12 bits per heavy atom. The van der Waals surface area contributed by atoms with Gasteiger partial charge in [0.1, 0.15) is 17.8 Å². The van der Waals surface area contributed by atoms with Crippen molar-refractivity contribution in [2.45, 2.75) is 31.5 Å². The Bertz CT molecular complexity index is 642. The average molecular weight is 363 g/mol. The first kappa shape index (κ1) is 18.9. The fourth-order valence-corrected chi connectivity index (χ4v) is 3.01. The standard InChI is InChI=1S/C13H19N2O8P/c1-2-21-24(19,20)22-7-9-10(16)11(17)13(23-9)15-5-3-4-8(6-15)12(14)18/h3-6,9-11,13,16-17H,2,7H2,1H3,(H2-,14,18,19,20)/p+1/t9-,10-,11-,13?/m1/s1. The molecule has 2 rings (SSSR count). The Hall–Kier alpha value is -1.39. The van der Waals surface area contributed by atoms with E-state index in [0.717, 1.165) is 0 Å². The fraction of sp³-hybridized carbons (Fsp3) is 0.538. The van der Waals surface area contributed by atoms with Crippen LogP contribution >= 0.6 is 7.82 Å². The lowest BCUT2D eigenvalue weighted by molar-refractivity contribution is -0.765. The largest absolute Gasteiger partial charge is 0.472 e. The molecule has 11 heteroatoms. The fourth-order valence-electron chi connectivity index (χ4n) is 2.28. The molecule has 0 aliphatic carbocycles. The molecule has 2 unspecified atom stereocenters. The highest BCUT2D eigenvalue weighted by atomic mass is 31.2. The summed E-state index contributed by atoms with van der Waals surface area (Å²) in [7, 11) is -4.24. The first-order valence-electron chi connectivity index (χ1n) is 7.19. The van der Waals surface area contributed by atoms with Crippen molar-refractivity contribution in [2.75, 3.05) is 13.2 Å². The van der Waals surface area contributed by atoms with Crippen LogP contribution < -0.4 is 10.3 Å². The molecule has 24 heavy (non-hydrogen) atoms. The number of aromatic nitrogens is 1. The van der Waals surface area contributed by atoms with Gasteiger partial charge in [0.25, 0.3) is 12.1 Å². The Balaban J connectivity index is 2.08. The number of carbonyl (C=O) groups excluding carboxylic acids is 1. The van der Waals surface area contributed by atoms with Crippen molar-refractivity contribution in [1.29, 1.82) is 0 Å². The van der Waals surface area contributed by atoms with Gasteiger partial charge in [0.15, 0.2) is 18.5 Å². The molecule has 1 aromatic heterocycles. The lowest BCUT2D eigenvalue weighted by Gasteiger charge is -2.16. The number of rotatable bonds is 7. The SMILES string of the molecule is CCOP(=O)(O)OC[C@H]1OC([n+]2cccc(C(N)=O)c2)[C@H](O)[C@@H]1O. The quantitative estimate of drug-likeness (QED) is 0.350. The number of nitrogens with zero attached hydrogens (tertiary/aromatic N) is 1. The van der Waals surface area contributed by atoms with Crippen LogP contribution in [-0.4, -0.2) is 52.5 Å². The highest BCUT2D eigenvalue weighted by molar-refractivity contribution is 7.47. The number of phosphoric ester groups is 1. The minimum atomic E-state index is -4.24. The van der Waals surface area contributed by atoms with Crippen LogP contribution in [0.1, 0.15) is 23.5 Å². The summed E-state index contributed by atoms with van der Waals surface area (Å²) in [6.45, 7) is 1.04. The third-order valence-electron chi connectivity index (χ3n) is 3.43. The van der Waals surface area contributed by atoms with Crippen LogP contribution in [0.2, 0.25) is 0 Å². The number of pyridine rings is 1. The van der Waals surface area contributed by atoms with Crippen molar-refractivity contribution < 1.29 is 42.8 Å². The number of hydrogen-bond acceptors (Lipinski definition) is 7. The van der Waals surface area contributed by atoms with E-state index >= 15 is 0 Å². The van der Waals surface area contributed by atoms with Crippen LogP contribution in [0.15, 0.2) is 24.5 Å². The lowest BCUT2D eigenvalue weighted by atomic mass is 10.1. The summed E-state index contributed by atoms with van der Waals surface area (Å²) < 4.78 is 27.6. The zero-order valence-electron chi connectivity index (χ0n) is 12.9. The van der Waals surface area contributed by atoms with Gasteiger partial charge in [0.05, 0.1) is 13.2 Å². The summed E-state index contributed by atoms with van der Waals surface area (Å²) in [4.78, 5) is 20.6. The number of carbonyl (C=O) groups is 1. The summed E-state index contributed by atoms with van der Waals surface area (Å²) in [6, 6.07) is 3.02. The third kappa shape index (κ3) is 4.37. The molecular formula is C13H20N2O8P+. The van der Waals surface area contributed by atoms with E-state index in [0.29, 0.717) is 0 Å². The van der Waals surface area contributed by atoms with Crippen LogP contribution in [0, 0.1) is 0 Å². The highest BCUT2D eigenvalue weighted by Gasteiger charge is 2.49. The molecule has 5 atom stereocenters. The molecule has 0 bridgehead atoms. The lowest BCUT2D eigenvalue weighted by Crippen LogP contribution is -2.46. The van der Waals surface area contributed by atoms with E-state index in [2.05, 4.69) is 4.52 Å². The van der Waals surface area contributed by atoms with Gasteiger partial charge in [-0.05, 0) is 13.0 Å². The summed E-state index contributed by atoms with van der Waals surface area (Å²) in [5, 5.41) is 20.1. The normalized spacial score (nSPS) is 29.3. The van der Waals surface area contributed by atoms with Crippen molar-refractivity contribution in [3.63, 3.8) is 0 Å². The molecule has 1 fully saturated rings. The maximum absolute atomic E-state index is 11.5. The molecular weight excluding hydrogens is 343 g/mol. The number of amides is 1. The molecule has 10 nitrogen and oxygen atoms in total. The monoisotopic (exact) mass is 363 g/mol. The van der Waals surface area contributed by atoms with Crippen molar-refractivity contribution in [2.24, 2.45) is 5.73 Å². The molecule has 1 aliphatic rings. The van der Waals surface area contributed by atoms with Gasteiger partial charge in [0.2, 0.25) is 0 Å². The van der Waals surface area contributed by atoms with Crippen LogP contribution in [0.4, 0.5) is 0 Å². The molecule has 0 aromatic carbocycles. The second kappa shape index (κ2) is 7.66. The second-order valence-electron chi connectivity index (χ2n) is 5.13. The third-order valence-corrected chi connectivity index (χ3v) is 4.49. The number of aliphatic hydroxyl groups is 2. The van der Waals surface area contributed by atoms with E-state index in [9.17, 15) is 24.5 Å². The number of aliphatic hydroxyl groups excluding tert-OH is 2. The van der Waals surface area contributed by atoms with Gasteiger partial charge in [-0.15, -0.1) is 0 Å². The zero-order valence-corrected chi connectivity index (χ0v) is 13.8. The molecule has 0 saturated carbocycles. The predicted octanol–water partition coefficient (Wildman–Crippen LogP) is -1.15. The van der Waals surface area contributed by atoms with E-state index in [1.54, 1.807) is 0 Å². The maximum Gasteiger partial charge on any atom is 0.472 e. The minimum absolute atomic E-state index is 0.0249. The predicted molar refractivity (Wildman–Crippen MR) is 78.5 cm³/mol. The number of phosphoric acid groups is 1. The van der Waals surface area contributed by atoms with Gasteiger partial charge < -0.3 is 25.6 Å². The molecule has 0 spiro atoms. The molecule has 1 amide bonds. The van der Waals surface area contributed by atoms with Crippen molar-refractivity contribution >= 4 is 13.7 Å². The first-order chi connectivity index (χ1) is 11.2. The minimum Gasteiger partial charge on any atom is -0.387 e. The summed E-state index contributed by atoms with van der Waals surface area (Å²) in [5.41, 5.74) is 5.39. The molecule has 1 aliphatic heterocycles. The second-order valence-corrected chi connectivity index (χ2v) is 6.59. The van der Waals surface area contributed by atoms with E-state index in [-0.39, 0.29) is 12.2 Å². The molecule has 2 heterocycles. The van der Waals surface area contributed by atoms with E-state index in [4.69, 9.17) is 15.0 Å². The molecule has 134 valence electrons. The number of primary amides is 1. The van der Waals surface area contributed by atoms with Crippen LogP contribution in [-0.2, 0) is 18.3 Å². The van der Waals surface area contributed by atoms with E-state index in [1.807, 2.05) is 0 Å². The summed E-state index contributed by atoms with van der Waals surface area (Å²) in [6.07, 6.45) is -1.89. The van der Waals surface area contributed by atoms with Gasteiger partial charge in [-0.1, -0.05) is 0 Å². The van der Waals surface area contributed by atoms with Gasteiger partial charge in [0, 0.05) is 6.07 Å². The first-order valence-corrected chi connectivity index (χ1v) is 8.69. The average Bonchev–Trinajstić information content (AvgIpc) is 2.81. The number of nitrogens with two attached hydrogens (primary N) is 1. The van der Waals surface area contributed by atoms with Crippen molar-refractivity contribution in [3.8, 4) is 0 Å². The van der Waals surface area contributed by atoms with Gasteiger partial charge in [-0.3, -0.25) is 13.8 Å². The summed E-state index contributed by atoms with van der Waals surface area (Å²) >= 11 is 0. The van der Waals surface area contributed by atoms with Gasteiger partial charge in [-0.2, -0.15) is 4.57 Å². The van der Waals surface area contributed by atoms with Gasteiger partial charge in [-0.25, -0.2) is 4.57 Å². The Morgan fingerprint density at radius 1 is 1.42 bits per heavy atom. The van der Waals surface area contributed by atoms with Crippen LogP contribution in [0.3, 0.4) is 0 Å². The Morgan fingerprint density at radius 3 is 2.75 bits per heavy atom. The summed E-state index contributed by atoms with van der Waals surface area (Å²) in [5.74, 6) is -0.657. The molecule has 0 radical (unpaired) electrons. The molecule has 1 aromatic rings. The highest BCUT2D eigenvalue weighted by Crippen LogP contribution is 2.43.